The number of sulfonamides is 1. The highest BCUT2D eigenvalue weighted by Gasteiger charge is 2.20. The molecule has 0 aliphatic rings. The Morgan fingerprint density at radius 3 is 2.58 bits per heavy atom. The van der Waals surface area contributed by atoms with E-state index in [0.29, 0.717) is 6.54 Å². The molecule has 26 heavy (non-hydrogen) atoms. The second-order valence-electron chi connectivity index (χ2n) is 6.00. The third-order valence-corrected chi connectivity index (χ3v) is 5.84. The molecule has 0 unspecified atom stereocenters. The number of nitrogens with one attached hydrogen (secondary N) is 1. The first-order valence-corrected chi connectivity index (χ1v) is 11.2. The summed E-state index contributed by atoms with van der Waals surface area (Å²) in [6.07, 6.45) is 2.75. The summed E-state index contributed by atoms with van der Waals surface area (Å²) in [4.78, 5) is 12.1. The van der Waals surface area contributed by atoms with E-state index in [1.54, 1.807) is 18.0 Å². The molecule has 0 radical (unpaired) electrons. The molecule has 8 heteroatoms. The Morgan fingerprint density at radius 1 is 1.23 bits per heavy atom. The van der Waals surface area contributed by atoms with Crippen LogP contribution >= 0.6 is 11.8 Å². The Balaban J connectivity index is 1.77. The number of nitrogens with zero attached hydrogens (tertiary/aromatic N) is 1. The van der Waals surface area contributed by atoms with Crippen molar-refractivity contribution in [3.63, 3.8) is 0 Å². The SMILES string of the molecule is Cc1ccc(CN(CC(=O)NCCSCc2ccco2)S(C)(=O)=O)cc1. The highest BCUT2D eigenvalue weighted by Crippen LogP contribution is 2.12. The highest BCUT2D eigenvalue weighted by atomic mass is 32.2. The van der Waals surface area contributed by atoms with Crippen molar-refractivity contribution < 1.29 is 17.6 Å². The average Bonchev–Trinajstić information content (AvgIpc) is 3.08. The molecule has 1 aromatic heterocycles. The quantitative estimate of drug-likeness (QED) is 0.624. The van der Waals surface area contributed by atoms with Crippen molar-refractivity contribution in [3.8, 4) is 0 Å². The summed E-state index contributed by atoms with van der Waals surface area (Å²) in [5.41, 5.74) is 1.95. The fourth-order valence-corrected chi connectivity index (χ4v) is 3.73. The Labute approximate surface area is 159 Å². The lowest BCUT2D eigenvalue weighted by molar-refractivity contribution is -0.121. The number of benzene rings is 1. The number of amides is 1. The average molecular weight is 397 g/mol. The molecule has 0 fully saturated rings. The number of hydrogen-bond donors (Lipinski definition) is 1. The Morgan fingerprint density at radius 2 is 1.96 bits per heavy atom. The maximum absolute atomic E-state index is 12.1. The Kier molecular flexibility index (Phi) is 7.74. The van der Waals surface area contributed by atoms with Gasteiger partial charge >= 0.3 is 0 Å². The number of hydrogen-bond acceptors (Lipinski definition) is 5. The van der Waals surface area contributed by atoms with Crippen LogP contribution in [0.3, 0.4) is 0 Å². The van der Waals surface area contributed by atoms with Crippen LogP contribution in [0, 0.1) is 6.92 Å². The predicted octanol–water partition coefficient (Wildman–Crippen LogP) is 2.40. The fourth-order valence-electron chi connectivity index (χ4n) is 2.23. The van der Waals surface area contributed by atoms with E-state index in [1.807, 2.05) is 43.3 Å². The molecule has 0 saturated heterocycles. The summed E-state index contributed by atoms with van der Waals surface area (Å²) >= 11 is 1.64. The molecule has 0 saturated carbocycles. The van der Waals surface area contributed by atoms with Gasteiger partial charge < -0.3 is 9.73 Å². The van der Waals surface area contributed by atoms with Crippen molar-refractivity contribution >= 4 is 27.7 Å². The van der Waals surface area contributed by atoms with Crippen molar-refractivity contribution in [3.05, 3.63) is 59.5 Å². The van der Waals surface area contributed by atoms with Gasteiger partial charge in [-0.3, -0.25) is 4.79 Å². The molecule has 1 N–H and O–H groups in total. The van der Waals surface area contributed by atoms with Gasteiger partial charge in [-0.05, 0) is 24.6 Å². The van der Waals surface area contributed by atoms with Crippen LogP contribution in [0.25, 0.3) is 0 Å². The van der Waals surface area contributed by atoms with E-state index in [2.05, 4.69) is 5.32 Å². The molecule has 6 nitrogen and oxygen atoms in total. The molecule has 1 amide bonds. The smallest absolute Gasteiger partial charge is 0.235 e. The van der Waals surface area contributed by atoms with Gasteiger partial charge in [0, 0.05) is 18.8 Å². The molecular formula is C18H24N2O4S2. The minimum absolute atomic E-state index is 0.180. The van der Waals surface area contributed by atoms with Crippen molar-refractivity contribution in [1.29, 1.82) is 0 Å². The van der Waals surface area contributed by atoms with Crippen molar-refractivity contribution in [2.45, 2.75) is 19.2 Å². The summed E-state index contributed by atoms with van der Waals surface area (Å²) in [6.45, 7) is 2.44. The van der Waals surface area contributed by atoms with E-state index in [9.17, 15) is 13.2 Å². The summed E-state index contributed by atoms with van der Waals surface area (Å²) < 4.78 is 30.4. The summed E-state index contributed by atoms with van der Waals surface area (Å²) in [5.74, 6) is 2.05. The molecule has 0 aliphatic heterocycles. The second-order valence-corrected chi connectivity index (χ2v) is 9.09. The van der Waals surface area contributed by atoms with Gasteiger partial charge in [0.2, 0.25) is 15.9 Å². The molecule has 1 heterocycles. The molecular weight excluding hydrogens is 372 g/mol. The fraction of sp³-hybridized carbons (Fsp3) is 0.389. The summed E-state index contributed by atoms with van der Waals surface area (Å²) in [5, 5.41) is 2.76. The van der Waals surface area contributed by atoms with Gasteiger partial charge in [0.25, 0.3) is 0 Å². The van der Waals surface area contributed by atoms with E-state index >= 15 is 0 Å². The van der Waals surface area contributed by atoms with Gasteiger partial charge in [-0.2, -0.15) is 16.1 Å². The van der Waals surface area contributed by atoms with Crippen molar-refractivity contribution in [2.24, 2.45) is 0 Å². The third-order valence-electron chi connectivity index (χ3n) is 3.66. The van der Waals surface area contributed by atoms with Gasteiger partial charge in [0.05, 0.1) is 24.8 Å². The Bertz CT molecular complexity index is 787. The van der Waals surface area contributed by atoms with E-state index in [-0.39, 0.29) is 19.0 Å². The van der Waals surface area contributed by atoms with Crippen LogP contribution in [0.15, 0.2) is 47.1 Å². The van der Waals surface area contributed by atoms with Gasteiger partial charge in [-0.15, -0.1) is 0 Å². The number of rotatable bonds is 10. The molecule has 0 aliphatic carbocycles. The third kappa shape index (κ3) is 7.23. The minimum atomic E-state index is -3.48. The van der Waals surface area contributed by atoms with Crippen LogP contribution in [0.5, 0.6) is 0 Å². The van der Waals surface area contributed by atoms with Crippen LogP contribution in [0.4, 0.5) is 0 Å². The summed E-state index contributed by atoms with van der Waals surface area (Å²) in [7, 11) is -3.48. The Hall–Kier alpha value is -1.77. The molecule has 0 bridgehead atoms. The molecule has 0 spiro atoms. The van der Waals surface area contributed by atoms with Gasteiger partial charge in [0.1, 0.15) is 5.76 Å². The van der Waals surface area contributed by atoms with Gasteiger partial charge in [-0.25, -0.2) is 8.42 Å². The maximum atomic E-state index is 12.1. The molecule has 142 valence electrons. The lowest BCUT2D eigenvalue weighted by atomic mass is 10.1. The second kappa shape index (κ2) is 9.80. The normalized spacial score (nSPS) is 11.7. The van der Waals surface area contributed by atoms with E-state index in [4.69, 9.17) is 4.42 Å². The zero-order chi connectivity index (χ0) is 19.0. The highest BCUT2D eigenvalue weighted by molar-refractivity contribution is 7.98. The first kappa shape index (κ1) is 20.5. The summed E-state index contributed by atoms with van der Waals surface area (Å²) in [6, 6.07) is 11.3. The lowest BCUT2D eigenvalue weighted by Gasteiger charge is -2.19. The van der Waals surface area contributed by atoms with Crippen LogP contribution < -0.4 is 5.32 Å². The molecule has 1 aromatic carbocycles. The van der Waals surface area contributed by atoms with E-state index in [1.165, 1.54) is 4.31 Å². The first-order chi connectivity index (χ1) is 12.3. The molecule has 2 rings (SSSR count). The number of carbonyl (C=O) groups excluding carboxylic acids is 1. The number of thioether (sulfide) groups is 1. The number of furan rings is 1. The topological polar surface area (TPSA) is 79.6 Å². The maximum Gasteiger partial charge on any atom is 0.235 e. The molecule has 2 aromatic rings. The zero-order valence-electron chi connectivity index (χ0n) is 15.0. The van der Waals surface area contributed by atoms with E-state index in [0.717, 1.165) is 34.6 Å². The largest absolute Gasteiger partial charge is 0.468 e. The predicted molar refractivity (Wildman–Crippen MR) is 104 cm³/mol. The minimum Gasteiger partial charge on any atom is -0.468 e. The van der Waals surface area contributed by atoms with Crippen LogP contribution in [0.1, 0.15) is 16.9 Å². The van der Waals surface area contributed by atoms with Crippen LogP contribution in [-0.4, -0.2) is 43.7 Å². The zero-order valence-corrected chi connectivity index (χ0v) is 16.6. The van der Waals surface area contributed by atoms with Gasteiger partial charge in [-0.1, -0.05) is 29.8 Å². The van der Waals surface area contributed by atoms with Crippen LogP contribution in [0.2, 0.25) is 0 Å². The standard InChI is InChI=1S/C18H24N2O4S2/c1-15-5-7-16(8-6-15)12-20(26(2,22)23)13-18(21)19-9-11-25-14-17-4-3-10-24-17/h3-8,10H,9,11-14H2,1-2H3,(H,19,21). The molecule has 0 atom stereocenters. The van der Waals surface area contributed by atoms with Crippen LogP contribution in [-0.2, 0) is 27.1 Å². The van der Waals surface area contributed by atoms with E-state index < -0.39 is 10.0 Å². The van der Waals surface area contributed by atoms with Gasteiger partial charge in [0.15, 0.2) is 0 Å². The number of aryl methyl sites for hydroxylation is 1. The monoisotopic (exact) mass is 396 g/mol. The van der Waals surface area contributed by atoms with Crippen molar-refractivity contribution in [2.75, 3.05) is 25.1 Å². The number of carbonyl (C=O) groups is 1. The first-order valence-electron chi connectivity index (χ1n) is 8.22. The van der Waals surface area contributed by atoms with Crippen molar-refractivity contribution in [1.82, 2.24) is 9.62 Å². The lowest BCUT2D eigenvalue weighted by Crippen LogP contribution is -2.40.